The van der Waals surface area contributed by atoms with Crippen molar-refractivity contribution < 1.29 is 112 Å². The molecule has 0 saturated carbocycles. The van der Waals surface area contributed by atoms with Crippen LogP contribution in [0.25, 0.3) is 0 Å². The molecular formula is C89H155N9O23. The molecular weight excluding hydrogens is 1560 g/mol. The molecule has 0 radical (unpaired) electrons. The molecule has 32 nitrogen and oxygen atoms in total. The molecule has 0 aliphatic rings. The van der Waals surface area contributed by atoms with Gasteiger partial charge in [0, 0.05) is 114 Å². The number of ketones is 4. The molecule has 0 spiro atoms. The lowest BCUT2D eigenvalue weighted by Crippen LogP contribution is -2.44. The first-order valence-corrected chi connectivity index (χ1v) is 45.4. The van der Waals surface area contributed by atoms with E-state index in [-0.39, 0.29) is 146 Å². The van der Waals surface area contributed by atoms with E-state index in [1.807, 2.05) is 0 Å². The zero-order chi connectivity index (χ0) is 90.6. The third kappa shape index (κ3) is 65.1. The molecule has 32 heteroatoms. The monoisotopic (exact) mass is 1720 g/mol. The molecule has 0 aliphatic carbocycles. The Morgan fingerprint density at radius 1 is 0.273 bits per heavy atom. The highest BCUT2D eigenvalue weighted by Gasteiger charge is 2.32. The summed E-state index contributed by atoms with van der Waals surface area (Å²) in [6, 6.07) is -5.82. The van der Waals surface area contributed by atoms with Crippen molar-refractivity contribution in [3.63, 3.8) is 0 Å². The largest absolute Gasteiger partial charge is 0.481 e. The van der Waals surface area contributed by atoms with Crippen LogP contribution >= 0.6 is 0 Å². The van der Waals surface area contributed by atoms with Crippen molar-refractivity contribution in [1.29, 1.82) is 0 Å². The summed E-state index contributed by atoms with van der Waals surface area (Å²) in [5, 5.41) is 74.7. The molecule has 0 fully saturated rings. The Bertz CT molecular complexity index is 3070. The Balaban J connectivity index is 4.63. The van der Waals surface area contributed by atoms with Gasteiger partial charge in [0.15, 0.2) is 0 Å². The second-order valence-electron chi connectivity index (χ2n) is 34.0. The Morgan fingerprint density at radius 3 is 0.884 bits per heavy atom. The second-order valence-corrected chi connectivity index (χ2v) is 34.0. The molecule has 0 saturated heterocycles. The number of amides is 7. The van der Waals surface area contributed by atoms with Gasteiger partial charge in [-0.2, -0.15) is 0 Å². The van der Waals surface area contributed by atoms with Gasteiger partial charge in [-0.1, -0.05) is 188 Å². The summed E-state index contributed by atoms with van der Waals surface area (Å²) in [5.74, 6) is -13.6. The molecule has 121 heavy (non-hydrogen) atoms. The molecule has 8 atom stereocenters. The van der Waals surface area contributed by atoms with Crippen LogP contribution in [0.5, 0.6) is 0 Å². The van der Waals surface area contributed by atoms with Crippen LogP contribution in [0, 0.1) is 23.2 Å². The van der Waals surface area contributed by atoms with E-state index >= 15 is 0 Å². The zero-order valence-corrected chi connectivity index (χ0v) is 73.6. The fourth-order valence-electron chi connectivity index (χ4n) is 14.1. The normalized spacial score (nSPS) is 13.3. The number of carbonyl (C=O) groups is 17. The van der Waals surface area contributed by atoms with Gasteiger partial charge in [-0.15, -0.1) is 0 Å². The van der Waals surface area contributed by atoms with Crippen LogP contribution in [-0.4, -0.2) is 187 Å². The first-order valence-electron chi connectivity index (χ1n) is 45.4. The quantitative estimate of drug-likeness (QED) is 0.0252. The lowest BCUT2D eigenvalue weighted by molar-refractivity contribution is -0.145. The number of hydrogen-bond donors (Lipinski definition) is 15. The summed E-state index contributed by atoms with van der Waals surface area (Å²) in [5.41, 5.74) is 11.6. The predicted octanol–water partition coefficient (Wildman–Crippen LogP) is 11.7. The molecule has 694 valence electrons. The minimum absolute atomic E-state index is 0.00999. The minimum atomic E-state index is -1.43. The molecule has 0 bridgehead atoms. The van der Waals surface area contributed by atoms with Gasteiger partial charge >= 0.3 is 35.8 Å². The lowest BCUT2D eigenvalue weighted by Gasteiger charge is -2.23. The van der Waals surface area contributed by atoms with Gasteiger partial charge in [0.25, 0.3) is 0 Å². The van der Waals surface area contributed by atoms with Crippen LogP contribution in [0.3, 0.4) is 0 Å². The van der Waals surface area contributed by atoms with Crippen molar-refractivity contribution in [2.45, 2.75) is 411 Å². The number of carbonyl (C=O) groups excluding carboxylic acids is 11. The van der Waals surface area contributed by atoms with Gasteiger partial charge in [0.05, 0.1) is 18.0 Å². The van der Waals surface area contributed by atoms with Crippen LogP contribution in [0.4, 0.5) is 0 Å². The van der Waals surface area contributed by atoms with E-state index in [1.165, 1.54) is 58.3 Å². The summed E-state index contributed by atoms with van der Waals surface area (Å²) in [7, 11) is 0. The Morgan fingerprint density at radius 2 is 0.562 bits per heavy atom. The molecule has 7 amide bonds. The van der Waals surface area contributed by atoms with E-state index in [1.54, 1.807) is 20.8 Å². The van der Waals surface area contributed by atoms with Gasteiger partial charge in [-0.05, 0) is 122 Å². The number of nitrogens with one attached hydrogen (secondary N) is 7. The first kappa shape index (κ1) is 113. The van der Waals surface area contributed by atoms with Crippen molar-refractivity contribution in [3.8, 4) is 0 Å². The number of unbranched alkanes of at least 4 members (excludes halogenated alkanes) is 30. The topological polar surface area (TPSA) is 548 Å². The van der Waals surface area contributed by atoms with Crippen LogP contribution in [0.1, 0.15) is 381 Å². The van der Waals surface area contributed by atoms with Crippen molar-refractivity contribution in [1.82, 2.24) is 37.2 Å². The summed E-state index contributed by atoms with van der Waals surface area (Å²) in [4.78, 5) is 211. The summed E-state index contributed by atoms with van der Waals surface area (Å²) < 4.78 is 0. The molecule has 0 aliphatic heterocycles. The summed E-state index contributed by atoms with van der Waals surface area (Å²) in [6.07, 6.45) is 31.9. The van der Waals surface area contributed by atoms with Crippen molar-refractivity contribution in [2.75, 3.05) is 26.2 Å². The number of carboxylic acids is 6. The average molecular weight is 1720 g/mol. The van der Waals surface area contributed by atoms with E-state index in [0.29, 0.717) is 83.5 Å². The molecule has 17 N–H and O–H groups in total. The van der Waals surface area contributed by atoms with Gasteiger partial charge in [-0.25, -0.2) is 14.4 Å². The molecule has 0 aromatic rings. The minimum Gasteiger partial charge on any atom is -0.481 e. The predicted molar refractivity (Wildman–Crippen MR) is 459 cm³/mol. The molecule has 0 unspecified atom stereocenters. The fourth-order valence-corrected chi connectivity index (χ4v) is 14.1. The van der Waals surface area contributed by atoms with Gasteiger partial charge in [0.2, 0.25) is 41.4 Å². The first-order chi connectivity index (χ1) is 57.5. The average Bonchev–Trinajstić information content (AvgIpc) is 0.863. The van der Waals surface area contributed by atoms with Crippen LogP contribution in [0.2, 0.25) is 0 Å². The lowest BCUT2D eigenvalue weighted by atomic mass is 9.79. The SMILES string of the molecule is CC(=O)[C@H](CCCCNC(=O)[C@@H](N)CCCCNC(=O)CC[C@H](CC(=O)CC[C@H](NC(=O)CCCCCCCCCCCCCCCCC(=O)O)C(=O)O)C(=O)O)CC(=O)[C@H](CCCCNC(=O)[C@@H](N)CCCCNC(=O)CC[C@H](NC(=O)CC[C@H](NC(=O)CCCCCCCCCCCCCCCCC(=O)O)C(=O)O)C(=O)O)CC(=O)C(C)(C)C. The van der Waals surface area contributed by atoms with E-state index in [9.17, 15) is 102 Å². The molecule has 0 rings (SSSR count). The van der Waals surface area contributed by atoms with E-state index in [4.69, 9.17) is 21.7 Å². The highest BCUT2D eigenvalue weighted by molar-refractivity contribution is 5.93. The standard InChI is InChI=1S/C89H155N9O23/c1-64(99)65(41-33-37-59-94-83(112)69(90)43-35-39-57-92-76(103)54-49-67(85(114)115)61-68(100)50-51-71(86(116)117)96-78(105)45-29-25-21-17-13-9-5-7-11-15-19-23-27-31-47-81(108)109)62-74(101)66(63-75(102)89(2,3)4)42-34-38-60-95-84(113)70(91)44-36-40-58-93-77(104)55-52-72(87(118)119)98-80(107)56-53-73(88(120)121)97-79(106)46-30-26-22-18-14-10-6-8-12-16-20-24-28-32-48-82(110)111/h65-67,69-73H,5-63,90-91H2,1-4H3,(H,92,103)(H,93,104)(H,94,112)(H,95,113)(H,96,105)(H,97,106)(H,98,107)(H,108,109)(H,110,111)(H,114,115)(H,116,117)(H,118,119)(H,120,121)/t65-,66-,67-,69+,70+,71+,72+,73+/m1/s1. The number of nitrogens with two attached hydrogens (primary N) is 2. The molecule has 0 aromatic carbocycles. The highest BCUT2D eigenvalue weighted by Crippen LogP contribution is 2.28. The van der Waals surface area contributed by atoms with E-state index in [0.717, 1.165) is 116 Å². The van der Waals surface area contributed by atoms with Crippen molar-refractivity contribution >= 4 is 100 Å². The number of carboxylic acid groups (broad SMARTS) is 6. The van der Waals surface area contributed by atoms with Crippen LogP contribution in [0.15, 0.2) is 0 Å². The van der Waals surface area contributed by atoms with Gasteiger partial charge < -0.3 is 79.3 Å². The van der Waals surface area contributed by atoms with Crippen LogP contribution < -0.4 is 48.7 Å². The Kier molecular flexibility index (Phi) is 66.3. The smallest absolute Gasteiger partial charge is 0.326 e. The van der Waals surface area contributed by atoms with Crippen molar-refractivity contribution in [2.24, 2.45) is 34.6 Å². The molecule has 0 heterocycles. The van der Waals surface area contributed by atoms with Gasteiger partial charge in [-0.3, -0.25) is 67.1 Å². The summed E-state index contributed by atoms with van der Waals surface area (Å²) in [6.45, 7) is 7.65. The Hall–Kier alpha value is -8.29. The third-order valence-electron chi connectivity index (χ3n) is 22.1. The molecule has 0 aromatic heterocycles. The maximum absolute atomic E-state index is 13.9. The Labute approximate surface area is 718 Å². The zero-order valence-electron chi connectivity index (χ0n) is 73.6. The third-order valence-corrected chi connectivity index (χ3v) is 22.1. The van der Waals surface area contributed by atoms with E-state index < -0.39 is 137 Å². The number of Topliss-reactive ketones (excluding diaryl/α,β-unsaturated/α-hetero) is 4. The van der Waals surface area contributed by atoms with Crippen LogP contribution in [-0.2, 0) is 81.5 Å². The number of rotatable bonds is 83. The maximum atomic E-state index is 13.9. The summed E-state index contributed by atoms with van der Waals surface area (Å²) >= 11 is 0. The maximum Gasteiger partial charge on any atom is 0.326 e. The van der Waals surface area contributed by atoms with E-state index in [2.05, 4.69) is 37.2 Å². The number of aliphatic carboxylic acids is 6. The van der Waals surface area contributed by atoms with Gasteiger partial charge in [0.1, 0.15) is 41.3 Å². The second kappa shape index (κ2) is 71.2. The number of hydrogen-bond acceptors (Lipinski definition) is 19. The fraction of sp³-hybridized carbons (Fsp3) is 0.809. The van der Waals surface area contributed by atoms with Crippen molar-refractivity contribution in [3.05, 3.63) is 0 Å². The highest BCUT2D eigenvalue weighted by atomic mass is 16.4.